The minimum Gasteiger partial charge on any atom is -0.443 e. The molecule has 0 atom stereocenters. The van der Waals surface area contributed by atoms with Crippen LogP contribution in [0, 0.1) is 0 Å². The number of benzene rings is 1. The van der Waals surface area contributed by atoms with Crippen molar-refractivity contribution in [3.8, 4) is 0 Å². The number of carbonyl (C=O) groups excluding carboxylic acids is 1. The molecule has 0 radical (unpaired) electrons. The molecule has 2 aromatic heterocycles. The summed E-state index contributed by atoms with van der Waals surface area (Å²) in [5.74, 6) is 0. The number of carbonyl (C=O) groups is 1. The number of para-hydroxylation sites is 1. The molecule has 23 heavy (non-hydrogen) atoms. The second kappa shape index (κ2) is 5.72. The van der Waals surface area contributed by atoms with Crippen molar-refractivity contribution in [3.63, 3.8) is 0 Å². The molecule has 6 heteroatoms. The summed E-state index contributed by atoms with van der Waals surface area (Å²) < 4.78 is 7.19. The summed E-state index contributed by atoms with van der Waals surface area (Å²) in [7, 11) is 0. The van der Waals surface area contributed by atoms with E-state index in [2.05, 4.69) is 10.1 Å². The van der Waals surface area contributed by atoms with Crippen molar-refractivity contribution in [2.75, 3.05) is 4.90 Å². The fraction of sp³-hybridized carbons (Fsp3) is 0.235. The van der Waals surface area contributed by atoms with Gasteiger partial charge in [0.05, 0.1) is 11.4 Å². The fourth-order valence-corrected chi connectivity index (χ4v) is 2.19. The first-order valence-corrected chi connectivity index (χ1v) is 7.32. The maximum atomic E-state index is 12.7. The number of fused-ring (bicyclic) bond motifs is 1. The topological polar surface area (TPSA) is 59.7 Å². The summed E-state index contributed by atoms with van der Waals surface area (Å²) >= 11 is 0. The highest BCUT2D eigenvalue weighted by Crippen LogP contribution is 2.28. The van der Waals surface area contributed by atoms with Gasteiger partial charge in [-0.15, -0.1) is 0 Å². The molecule has 0 fully saturated rings. The van der Waals surface area contributed by atoms with Gasteiger partial charge in [-0.05, 0) is 39.0 Å². The lowest BCUT2D eigenvalue weighted by Gasteiger charge is -2.27. The Kier molecular flexibility index (Phi) is 3.73. The highest BCUT2D eigenvalue weighted by molar-refractivity contribution is 5.96. The van der Waals surface area contributed by atoms with E-state index < -0.39 is 11.7 Å². The van der Waals surface area contributed by atoms with Crippen LogP contribution >= 0.6 is 0 Å². The Hall–Kier alpha value is -2.89. The highest BCUT2D eigenvalue weighted by atomic mass is 16.6. The third-order valence-corrected chi connectivity index (χ3v) is 3.11. The number of hydrogen-bond donors (Lipinski definition) is 0. The molecule has 6 nitrogen and oxygen atoms in total. The number of nitrogens with zero attached hydrogens (tertiary/aromatic N) is 4. The van der Waals surface area contributed by atoms with Crippen LogP contribution in [0.3, 0.4) is 0 Å². The summed E-state index contributed by atoms with van der Waals surface area (Å²) in [5.41, 5.74) is 1.48. The van der Waals surface area contributed by atoms with Crippen LogP contribution in [0.5, 0.6) is 0 Å². The van der Waals surface area contributed by atoms with Crippen LogP contribution in [0.1, 0.15) is 20.8 Å². The first kappa shape index (κ1) is 15.0. The number of anilines is 2. The van der Waals surface area contributed by atoms with Crippen molar-refractivity contribution in [2.45, 2.75) is 26.4 Å². The number of ether oxygens (including phenoxy) is 1. The number of pyridine rings is 1. The van der Waals surface area contributed by atoms with Gasteiger partial charge in [0, 0.05) is 12.3 Å². The monoisotopic (exact) mass is 310 g/mol. The van der Waals surface area contributed by atoms with Gasteiger partial charge in [0.2, 0.25) is 0 Å². The van der Waals surface area contributed by atoms with Crippen LogP contribution in [0.4, 0.5) is 16.2 Å². The van der Waals surface area contributed by atoms with Gasteiger partial charge in [0.15, 0.2) is 5.65 Å². The SMILES string of the molecule is CC(C)(C)OC(=O)N(c1ccccc1)c1ccn2ncnc2c1. The molecule has 118 valence electrons. The van der Waals surface area contributed by atoms with E-state index >= 15 is 0 Å². The first-order chi connectivity index (χ1) is 10.9. The molecule has 0 saturated carbocycles. The van der Waals surface area contributed by atoms with Crippen molar-refractivity contribution in [1.29, 1.82) is 0 Å². The van der Waals surface area contributed by atoms with E-state index in [0.717, 1.165) is 5.69 Å². The zero-order valence-corrected chi connectivity index (χ0v) is 13.3. The predicted molar refractivity (Wildman–Crippen MR) is 87.8 cm³/mol. The van der Waals surface area contributed by atoms with Crippen molar-refractivity contribution < 1.29 is 9.53 Å². The number of aromatic nitrogens is 3. The van der Waals surface area contributed by atoms with Crippen LogP contribution in [0.25, 0.3) is 5.65 Å². The second-order valence-electron chi connectivity index (χ2n) is 6.10. The Bertz CT molecular complexity index is 821. The van der Waals surface area contributed by atoms with E-state index in [4.69, 9.17) is 4.74 Å². The number of rotatable bonds is 2. The molecule has 0 bridgehead atoms. The van der Waals surface area contributed by atoms with Crippen LogP contribution in [0.15, 0.2) is 55.0 Å². The van der Waals surface area contributed by atoms with Crippen molar-refractivity contribution in [1.82, 2.24) is 14.6 Å². The molecule has 1 amide bonds. The highest BCUT2D eigenvalue weighted by Gasteiger charge is 2.25. The largest absolute Gasteiger partial charge is 0.443 e. The van der Waals surface area contributed by atoms with E-state index in [9.17, 15) is 4.79 Å². The van der Waals surface area contributed by atoms with Gasteiger partial charge in [0.25, 0.3) is 0 Å². The zero-order chi connectivity index (χ0) is 16.4. The maximum absolute atomic E-state index is 12.7. The molecule has 0 spiro atoms. The van der Waals surface area contributed by atoms with Crippen molar-refractivity contribution >= 4 is 23.1 Å². The zero-order valence-electron chi connectivity index (χ0n) is 13.3. The van der Waals surface area contributed by atoms with Gasteiger partial charge >= 0.3 is 6.09 Å². The minimum atomic E-state index is -0.580. The quantitative estimate of drug-likeness (QED) is 0.722. The molecule has 0 saturated heterocycles. The summed E-state index contributed by atoms with van der Waals surface area (Å²) in [6, 6.07) is 13.0. The molecule has 1 aromatic carbocycles. The van der Waals surface area contributed by atoms with Gasteiger partial charge in [-0.25, -0.2) is 19.2 Å². The van der Waals surface area contributed by atoms with Crippen molar-refractivity contribution in [3.05, 3.63) is 55.0 Å². The van der Waals surface area contributed by atoms with E-state index in [1.165, 1.54) is 11.2 Å². The van der Waals surface area contributed by atoms with E-state index in [-0.39, 0.29) is 0 Å². The summed E-state index contributed by atoms with van der Waals surface area (Å²) in [6.07, 6.45) is 2.80. The Morgan fingerprint density at radius 2 is 1.87 bits per heavy atom. The number of hydrogen-bond acceptors (Lipinski definition) is 4. The summed E-state index contributed by atoms with van der Waals surface area (Å²) in [6.45, 7) is 5.53. The third-order valence-electron chi connectivity index (χ3n) is 3.11. The number of amides is 1. The third kappa shape index (κ3) is 3.31. The second-order valence-corrected chi connectivity index (χ2v) is 6.10. The summed E-state index contributed by atoms with van der Waals surface area (Å²) in [4.78, 5) is 18.4. The van der Waals surface area contributed by atoms with Gasteiger partial charge in [-0.1, -0.05) is 18.2 Å². The average molecular weight is 310 g/mol. The molecular formula is C17H18N4O2. The van der Waals surface area contributed by atoms with Crippen LogP contribution in [-0.4, -0.2) is 26.3 Å². The van der Waals surface area contributed by atoms with Crippen LogP contribution < -0.4 is 4.90 Å². The molecule has 0 unspecified atom stereocenters. The fourth-order valence-electron chi connectivity index (χ4n) is 2.19. The van der Waals surface area contributed by atoms with E-state index in [1.54, 1.807) is 22.8 Å². The van der Waals surface area contributed by atoms with Gasteiger partial charge in [0.1, 0.15) is 11.9 Å². The Labute approximate surface area is 134 Å². The van der Waals surface area contributed by atoms with Crippen LogP contribution in [0.2, 0.25) is 0 Å². The summed E-state index contributed by atoms with van der Waals surface area (Å²) in [5, 5.41) is 4.07. The Balaban J connectivity index is 2.05. The minimum absolute atomic E-state index is 0.437. The standard InChI is InChI=1S/C17H18N4O2/c1-17(2,3)23-16(22)21(13-7-5-4-6-8-13)14-9-10-20-15(11-14)18-12-19-20/h4-12H,1-3H3. The molecule has 3 rings (SSSR count). The smallest absolute Gasteiger partial charge is 0.419 e. The molecule has 0 aliphatic carbocycles. The lowest BCUT2D eigenvalue weighted by molar-refractivity contribution is 0.0599. The predicted octanol–water partition coefficient (Wildman–Crippen LogP) is 3.80. The van der Waals surface area contributed by atoms with Gasteiger partial charge in [-0.3, -0.25) is 0 Å². The van der Waals surface area contributed by atoms with Crippen molar-refractivity contribution in [2.24, 2.45) is 0 Å². The molecule has 0 N–H and O–H groups in total. The average Bonchev–Trinajstić information content (AvgIpc) is 2.94. The Morgan fingerprint density at radius 1 is 1.13 bits per heavy atom. The lowest BCUT2D eigenvalue weighted by Crippen LogP contribution is -2.33. The molecule has 0 aliphatic heterocycles. The maximum Gasteiger partial charge on any atom is 0.419 e. The normalized spacial score (nSPS) is 11.4. The molecule has 2 heterocycles. The molecule has 3 aromatic rings. The van der Waals surface area contributed by atoms with Gasteiger partial charge in [-0.2, -0.15) is 5.10 Å². The van der Waals surface area contributed by atoms with Gasteiger partial charge < -0.3 is 4.74 Å². The first-order valence-electron chi connectivity index (χ1n) is 7.32. The van der Waals surface area contributed by atoms with E-state index in [1.807, 2.05) is 51.1 Å². The molecule has 0 aliphatic rings. The van der Waals surface area contributed by atoms with Crippen LogP contribution in [-0.2, 0) is 4.74 Å². The Morgan fingerprint density at radius 3 is 2.57 bits per heavy atom. The van der Waals surface area contributed by atoms with E-state index in [0.29, 0.717) is 11.3 Å². The lowest BCUT2D eigenvalue weighted by atomic mass is 10.2. The molecular weight excluding hydrogens is 292 g/mol.